The number of nitrogens with one attached hydrogen (secondary N) is 3. The Morgan fingerprint density at radius 3 is 2.29 bits per heavy atom. The van der Waals surface area contributed by atoms with Crippen molar-refractivity contribution in [2.45, 2.75) is 12.5 Å². The highest BCUT2D eigenvalue weighted by Crippen LogP contribution is 2.18. The van der Waals surface area contributed by atoms with E-state index in [1.165, 1.54) is 6.20 Å². The van der Waals surface area contributed by atoms with E-state index in [-0.39, 0.29) is 6.42 Å². The molecule has 8 heteroatoms. The third kappa shape index (κ3) is 6.07. The first kappa shape index (κ1) is 21.9. The van der Waals surface area contributed by atoms with Gasteiger partial charge < -0.3 is 21.2 Å². The number of amides is 3. The smallest absolute Gasteiger partial charge is 0.319 e. The highest BCUT2D eigenvalue weighted by atomic mass is 35.5. The molecule has 3 amide bonds. The number of benzene rings is 2. The van der Waals surface area contributed by atoms with Crippen LogP contribution in [0.1, 0.15) is 6.42 Å². The number of rotatable bonds is 7. The second-order valence-corrected chi connectivity index (χ2v) is 7.10. The summed E-state index contributed by atoms with van der Waals surface area (Å²) in [6, 6.07) is 17.3. The minimum Gasteiger partial charge on any atom is -0.618 e. The first-order chi connectivity index (χ1) is 15.0. The van der Waals surface area contributed by atoms with Crippen molar-refractivity contribution in [1.82, 2.24) is 5.32 Å². The van der Waals surface area contributed by atoms with Gasteiger partial charge in [0.2, 0.25) is 11.6 Å². The van der Waals surface area contributed by atoms with Gasteiger partial charge in [-0.2, -0.15) is 4.73 Å². The van der Waals surface area contributed by atoms with Crippen molar-refractivity contribution in [3.63, 3.8) is 0 Å². The van der Waals surface area contributed by atoms with E-state index in [0.717, 1.165) is 10.3 Å². The number of nitrogens with zero attached hydrogens (tertiary/aromatic N) is 1. The van der Waals surface area contributed by atoms with Gasteiger partial charge in [0, 0.05) is 34.1 Å². The topological polar surface area (TPSA) is 97.2 Å². The van der Waals surface area contributed by atoms with Crippen LogP contribution in [-0.4, -0.2) is 18.0 Å². The third-order valence-corrected chi connectivity index (χ3v) is 4.65. The summed E-state index contributed by atoms with van der Waals surface area (Å²) in [7, 11) is 0. The SMILES string of the molecule is C=CCC(NC(=O)Nc1ccc(Cl)cc1)C(=O)Nc1ccc(-c2cccc[n+]2[O-])cc1. The molecule has 3 aromatic rings. The van der Waals surface area contributed by atoms with Crippen molar-refractivity contribution in [3.05, 3.63) is 95.8 Å². The van der Waals surface area contributed by atoms with Gasteiger partial charge >= 0.3 is 6.03 Å². The summed E-state index contributed by atoms with van der Waals surface area (Å²) in [5, 5.41) is 20.5. The number of pyridine rings is 1. The lowest BCUT2D eigenvalue weighted by molar-refractivity contribution is -0.593. The number of hydrogen-bond acceptors (Lipinski definition) is 3. The molecule has 1 heterocycles. The Morgan fingerprint density at radius 2 is 1.65 bits per heavy atom. The van der Waals surface area contributed by atoms with Crippen molar-refractivity contribution in [2.75, 3.05) is 10.6 Å². The summed E-state index contributed by atoms with van der Waals surface area (Å²) >= 11 is 5.84. The Labute approximate surface area is 184 Å². The summed E-state index contributed by atoms with van der Waals surface area (Å²) in [5.74, 6) is -0.391. The number of carbonyl (C=O) groups is 2. The molecule has 0 bridgehead atoms. The van der Waals surface area contributed by atoms with Crippen LogP contribution in [0.25, 0.3) is 11.3 Å². The van der Waals surface area contributed by atoms with E-state index in [1.54, 1.807) is 72.8 Å². The lowest BCUT2D eigenvalue weighted by Crippen LogP contribution is -2.45. The van der Waals surface area contributed by atoms with E-state index < -0.39 is 18.0 Å². The molecular formula is C23H21ClN4O3. The predicted octanol–water partition coefficient (Wildman–Crippen LogP) is 4.35. The molecule has 0 aliphatic rings. The van der Waals surface area contributed by atoms with Crippen LogP contribution in [0.3, 0.4) is 0 Å². The molecular weight excluding hydrogens is 416 g/mol. The lowest BCUT2D eigenvalue weighted by atomic mass is 10.1. The zero-order chi connectivity index (χ0) is 22.2. The fourth-order valence-corrected chi connectivity index (χ4v) is 2.99. The molecule has 1 atom stereocenters. The minimum absolute atomic E-state index is 0.248. The van der Waals surface area contributed by atoms with Gasteiger partial charge in [-0.1, -0.05) is 17.7 Å². The maximum absolute atomic E-state index is 12.7. The van der Waals surface area contributed by atoms with Gasteiger partial charge in [0.1, 0.15) is 6.04 Å². The van der Waals surface area contributed by atoms with Gasteiger partial charge in [0.25, 0.3) is 0 Å². The van der Waals surface area contributed by atoms with Crippen molar-refractivity contribution in [1.29, 1.82) is 0 Å². The van der Waals surface area contributed by atoms with Crippen molar-refractivity contribution >= 4 is 34.9 Å². The molecule has 0 aliphatic carbocycles. The Kier molecular flexibility index (Phi) is 7.24. The van der Waals surface area contributed by atoms with Crippen LogP contribution in [0.15, 0.2) is 85.6 Å². The molecule has 0 fully saturated rings. The standard InChI is InChI=1S/C23H21ClN4O3/c1-2-5-20(27-23(30)26-19-13-9-17(24)10-14-19)22(29)25-18-11-7-16(8-12-18)21-6-3-4-15-28(21)31/h2-4,6-15,20H,1,5H2,(H,25,29)(H2,26,27,30). The van der Waals surface area contributed by atoms with Gasteiger partial charge in [-0.25, -0.2) is 4.79 Å². The van der Waals surface area contributed by atoms with Crippen LogP contribution in [0, 0.1) is 5.21 Å². The maximum atomic E-state index is 12.7. The van der Waals surface area contributed by atoms with E-state index in [0.29, 0.717) is 22.1 Å². The van der Waals surface area contributed by atoms with E-state index in [9.17, 15) is 14.8 Å². The Bertz CT molecular complexity index is 1070. The molecule has 0 radical (unpaired) electrons. The van der Waals surface area contributed by atoms with E-state index in [2.05, 4.69) is 22.5 Å². The van der Waals surface area contributed by atoms with Gasteiger partial charge in [-0.15, -0.1) is 6.58 Å². The first-order valence-corrected chi connectivity index (χ1v) is 9.87. The van der Waals surface area contributed by atoms with Crippen LogP contribution in [-0.2, 0) is 4.79 Å². The minimum atomic E-state index is -0.817. The Balaban J connectivity index is 1.63. The number of halogens is 1. The largest absolute Gasteiger partial charge is 0.618 e. The highest BCUT2D eigenvalue weighted by molar-refractivity contribution is 6.30. The lowest BCUT2D eigenvalue weighted by Gasteiger charge is -2.18. The van der Waals surface area contributed by atoms with Crippen molar-refractivity contribution < 1.29 is 14.3 Å². The number of anilines is 2. The highest BCUT2D eigenvalue weighted by Gasteiger charge is 2.20. The molecule has 3 N–H and O–H groups in total. The fraction of sp³-hybridized carbons (Fsp3) is 0.0870. The Morgan fingerprint density at radius 1 is 1.00 bits per heavy atom. The molecule has 158 valence electrons. The molecule has 1 aromatic heterocycles. The molecule has 0 spiro atoms. The molecule has 31 heavy (non-hydrogen) atoms. The molecule has 7 nitrogen and oxygen atoms in total. The van der Waals surface area contributed by atoms with Crippen molar-refractivity contribution in [2.24, 2.45) is 0 Å². The maximum Gasteiger partial charge on any atom is 0.319 e. The summed E-state index contributed by atoms with van der Waals surface area (Å²) in [6.45, 7) is 3.65. The fourth-order valence-electron chi connectivity index (χ4n) is 2.86. The molecule has 3 rings (SSSR count). The number of carbonyl (C=O) groups excluding carboxylic acids is 2. The average Bonchev–Trinajstić information content (AvgIpc) is 2.76. The van der Waals surface area contributed by atoms with Crippen LogP contribution in [0.2, 0.25) is 5.02 Å². The predicted molar refractivity (Wildman–Crippen MR) is 122 cm³/mol. The monoisotopic (exact) mass is 436 g/mol. The number of hydrogen-bond donors (Lipinski definition) is 3. The molecule has 0 saturated carbocycles. The first-order valence-electron chi connectivity index (χ1n) is 9.50. The number of aromatic nitrogens is 1. The van der Waals surface area contributed by atoms with Gasteiger partial charge in [0.05, 0.1) is 0 Å². The normalized spacial score (nSPS) is 11.3. The number of urea groups is 1. The summed E-state index contributed by atoms with van der Waals surface area (Å²) in [4.78, 5) is 24.9. The summed E-state index contributed by atoms with van der Waals surface area (Å²) < 4.78 is 0.775. The van der Waals surface area contributed by atoms with Crippen molar-refractivity contribution in [3.8, 4) is 11.3 Å². The second kappa shape index (κ2) is 10.3. The zero-order valence-electron chi connectivity index (χ0n) is 16.5. The average molecular weight is 437 g/mol. The third-order valence-electron chi connectivity index (χ3n) is 4.40. The summed E-state index contributed by atoms with van der Waals surface area (Å²) in [5.41, 5.74) is 2.31. The molecule has 1 unspecified atom stereocenters. The quantitative estimate of drug-likeness (QED) is 0.292. The molecule has 2 aromatic carbocycles. The van der Waals surface area contributed by atoms with Gasteiger partial charge in [-0.3, -0.25) is 4.79 Å². The zero-order valence-corrected chi connectivity index (χ0v) is 17.3. The van der Waals surface area contributed by atoms with E-state index in [1.807, 2.05) is 0 Å². The van der Waals surface area contributed by atoms with Crippen LogP contribution >= 0.6 is 11.6 Å². The van der Waals surface area contributed by atoms with Crippen LogP contribution < -0.4 is 20.7 Å². The van der Waals surface area contributed by atoms with E-state index in [4.69, 9.17) is 11.6 Å². The summed E-state index contributed by atoms with van der Waals surface area (Å²) in [6.07, 6.45) is 3.22. The van der Waals surface area contributed by atoms with Gasteiger partial charge in [-0.05, 0) is 61.0 Å². The molecule has 0 saturated heterocycles. The second-order valence-electron chi connectivity index (χ2n) is 6.66. The van der Waals surface area contributed by atoms with E-state index >= 15 is 0 Å². The molecule has 0 aliphatic heterocycles. The van der Waals surface area contributed by atoms with Crippen LogP contribution in [0.4, 0.5) is 16.2 Å². The van der Waals surface area contributed by atoms with Gasteiger partial charge in [0.15, 0.2) is 6.20 Å². The van der Waals surface area contributed by atoms with Crippen LogP contribution in [0.5, 0.6) is 0 Å². The Hall–Kier alpha value is -3.84.